The van der Waals surface area contributed by atoms with E-state index in [0.717, 1.165) is 49.1 Å². The van der Waals surface area contributed by atoms with E-state index in [2.05, 4.69) is 34.1 Å². The van der Waals surface area contributed by atoms with E-state index in [9.17, 15) is 0 Å². The molecule has 1 saturated heterocycles. The number of hydrogen-bond donors (Lipinski definition) is 0. The Kier molecular flexibility index (Phi) is 5.78. The summed E-state index contributed by atoms with van der Waals surface area (Å²) in [7, 11) is 1.73. The summed E-state index contributed by atoms with van der Waals surface area (Å²) in [5.74, 6) is 0.938. The summed E-state index contributed by atoms with van der Waals surface area (Å²) in [5, 5.41) is 0.881. The smallest absolute Gasteiger partial charge is 0.142 e. The molecule has 24 heavy (non-hydrogen) atoms. The molecule has 4 heteroatoms. The second-order valence-electron chi connectivity index (χ2n) is 5.94. The SMILES string of the molecule is COc1ccccc1N1CCN(C/C(Cl)=C/c2ccccc2)CC1. The number of halogens is 1. The molecule has 0 amide bonds. The number of methoxy groups -OCH3 is 1. The molecule has 0 unspecified atom stereocenters. The van der Waals surface area contributed by atoms with Crippen molar-refractivity contribution in [2.75, 3.05) is 44.7 Å². The largest absolute Gasteiger partial charge is 0.495 e. The molecule has 0 spiro atoms. The molecule has 3 rings (SSSR count). The maximum atomic E-state index is 6.44. The molecular formula is C20H23ClN2O. The van der Waals surface area contributed by atoms with Gasteiger partial charge in [0, 0.05) is 37.8 Å². The third-order valence-corrected chi connectivity index (χ3v) is 4.52. The van der Waals surface area contributed by atoms with Crippen LogP contribution in [0.25, 0.3) is 6.08 Å². The van der Waals surface area contributed by atoms with E-state index in [4.69, 9.17) is 16.3 Å². The minimum atomic E-state index is 0.802. The molecular weight excluding hydrogens is 320 g/mol. The van der Waals surface area contributed by atoms with Gasteiger partial charge in [0.2, 0.25) is 0 Å². The van der Waals surface area contributed by atoms with Gasteiger partial charge in [-0.15, -0.1) is 0 Å². The van der Waals surface area contributed by atoms with Crippen molar-refractivity contribution in [2.24, 2.45) is 0 Å². The molecule has 0 bridgehead atoms. The van der Waals surface area contributed by atoms with Crippen molar-refractivity contribution in [3.63, 3.8) is 0 Å². The zero-order valence-electron chi connectivity index (χ0n) is 14.0. The van der Waals surface area contributed by atoms with Crippen molar-refractivity contribution in [1.82, 2.24) is 4.90 Å². The Morgan fingerprint density at radius 3 is 2.38 bits per heavy atom. The summed E-state index contributed by atoms with van der Waals surface area (Å²) in [6, 6.07) is 18.4. The summed E-state index contributed by atoms with van der Waals surface area (Å²) in [5.41, 5.74) is 2.32. The topological polar surface area (TPSA) is 15.7 Å². The standard InChI is InChI=1S/C20H23ClN2O/c1-24-20-10-6-5-9-19(20)23-13-11-22(12-14-23)16-18(21)15-17-7-3-2-4-8-17/h2-10,15H,11-14,16H2,1H3/b18-15-. The molecule has 0 atom stereocenters. The summed E-state index contributed by atoms with van der Waals surface area (Å²) < 4.78 is 5.47. The molecule has 2 aromatic carbocycles. The Morgan fingerprint density at radius 1 is 1.00 bits per heavy atom. The van der Waals surface area contributed by atoms with Gasteiger partial charge in [0.1, 0.15) is 5.75 Å². The average molecular weight is 343 g/mol. The van der Waals surface area contributed by atoms with Gasteiger partial charge in [-0.3, -0.25) is 4.90 Å². The lowest BCUT2D eigenvalue weighted by Crippen LogP contribution is -2.46. The fraction of sp³-hybridized carbons (Fsp3) is 0.300. The van der Waals surface area contributed by atoms with Crippen LogP contribution in [0.15, 0.2) is 59.6 Å². The van der Waals surface area contributed by atoms with E-state index in [0.29, 0.717) is 0 Å². The van der Waals surface area contributed by atoms with Gasteiger partial charge >= 0.3 is 0 Å². The van der Waals surface area contributed by atoms with E-state index in [1.165, 1.54) is 5.69 Å². The number of piperazine rings is 1. The maximum absolute atomic E-state index is 6.44. The Morgan fingerprint density at radius 2 is 1.67 bits per heavy atom. The van der Waals surface area contributed by atoms with Gasteiger partial charge in [-0.1, -0.05) is 54.1 Å². The third kappa shape index (κ3) is 4.31. The molecule has 0 aromatic heterocycles. The highest BCUT2D eigenvalue weighted by atomic mass is 35.5. The molecule has 3 nitrogen and oxygen atoms in total. The van der Waals surface area contributed by atoms with Crippen molar-refractivity contribution >= 4 is 23.4 Å². The van der Waals surface area contributed by atoms with Crippen molar-refractivity contribution in [3.8, 4) is 5.75 Å². The Bertz CT molecular complexity index is 679. The summed E-state index contributed by atoms with van der Waals surface area (Å²) in [6.07, 6.45) is 2.05. The second kappa shape index (κ2) is 8.22. The first-order chi connectivity index (χ1) is 11.8. The highest BCUT2D eigenvalue weighted by Crippen LogP contribution is 2.28. The monoisotopic (exact) mass is 342 g/mol. The van der Waals surface area contributed by atoms with Gasteiger partial charge in [-0.25, -0.2) is 0 Å². The van der Waals surface area contributed by atoms with Crippen molar-refractivity contribution < 1.29 is 4.74 Å². The first-order valence-corrected chi connectivity index (χ1v) is 8.65. The normalized spacial score (nSPS) is 16.2. The number of nitrogens with zero attached hydrogens (tertiary/aromatic N) is 2. The minimum Gasteiger partial charge on any atom is -0.495 e. The van der Waals surface area contributed by atoms with Crippen molar-refractivity contribution in [1.29, 1.82) is 0 Å². The van der Waals surface area contributed by atoms with Crippen LogP contribution in [0.2, 0.25) is 0 Å². The quantitative estimate of drug-likeness (QED) is 0.813. The predicted octanol–water partition coefficient (Wildman–Crippen LogP) is 4.10. The lowest BCUT2D eigenvalue weighted by Gasteiger charge is -2.36. The highest BCUT2D eigenvalue weighted by Gasteiger charge is 2.19. The van der Waals surface area contributed by atoms with Crippen LogP contribution in [-0.2, 0) is 0 Å². The maximum Gasteiger partial charge on any atom is 0.142 e. The van der Waals surface area contributed by atoms with Crippen LogP contribution in [0.5, 0.6) is 5.75 Å². The molecule has 126 valence electrons. The van der Waals surface area contributed by atoms with E-state index >= 15 is 0 Å². The zero-order chi connectivity index (χ0) is 16.8. The van der Waals surface area contributed by atoms with Gasteiger partial charge in [0.25, 0.3) is 0 Å². The van der Waals surface area contributed by atoms with E-state index in [-0.39, 0.29) is 0 Å². The molecule has 0 saturated carbocycles. The van der Waals surface area contributed by atoms with Crippen LogP contribution < -0.4 is 9.64 Å². The Balaban J connectivity index is 1.56. The van der Waals surface area contributed by atoms with Gasteiger partial charge in [0.15, 0.2) is 0 Å². The Labute approximate surface area is 149 Å². The van der Waals surface area contributed by atoms with Gasteiger partial charge in [0.05, 0.1) is 12.8 Å². The van der Waals surface area contributed by atoms with Gasteiger partial charge in [-0.2, -0.15) is 0 Å². The Hall–Kier alpha value is -1.97. The highest BCUT2D eigenvalue weighted by molar-refractivity contribution is 6.31. The molecule has 1 aliphatic rings. The first kappa shape index (κ1) is 16.9. The van der Waals surface area contributed by atoms with E-state index < -0.39 is 0 Å². The molecule has 0 N–H and O–H groups in total. The second-order valence-corrected chi connectivity index (χ2v) is 6.42. The zero-order valence-corrected chi connectivity index (χ0v) is 14.7. The fourth-order valence-corrected chi connectivity index (χ4v) is 3.32. The van der Waals surface area contributed by atoms with Crippen LogP contribution in [0.4, 0.5) is 5.69 Å². The fourth-order valence-electron chi connectivity index (χ4n) is 3.03. The first-order valence-electron chi connectivity index (χ1n) is 8.28. The van der Waals surface area contributed by atoms with Crippen molar-refractivity contribution in [2.45, 2.75) is 0 Å². The molecule has 1 heterocycles. The lowest BCUT2D eigenvalue weighted by molar-refractivity contribution is 0.281. The minimum absolute atomic E-state index is 0.802. The number of anilines is 1. The molecule has 1 fully saturated rings. The van der Waals surface area contributed by atoms with Crippen LogP contribution >= 0.6 is 11.6 Å². The molecule has 2 aromatic rings. The van der Waals surface area contributed by atoms with E-state index in [1.807, 2.05) is 36.4 Å². The predicted molar refractivity (Wildman–Crippen MR) is 102 cm³/mol. The van der Waals surface area contributed by atoms with Gasteiger partial charge in [-0.05, 0) is 23.8 Å². The van der Waals surface area contributed by atoms with Crippen LogP contribution in [0, 0.1) is 0 Å². The van der Waals surface area contributed by atoms with Crippen LogP contribution in [-0.4, -0.2) is 44.7 Å². The molecule has 0 radical (unpaired) electrons. The van der Waals surface area contributed by atoms with Crippen LogP contribution in [0.3, 0.4) is 0 Å². The third-order valence-electron chi connectivity index (χ3n) is 4.30. The molecule has 1 aliphatic heterocycles. The number of benzene rings is 2. The number of para-hydroxylation sites is 2. The van der Waals surface area contributed by atoms with Crippen molar-refractivity contribution in [3.05, 3.63) is 65.2 Å². The summed E-state index contributed by atoms with van der Waals surface area (Å²) in [6.45, 7) is 4.76. The lowest BCUT2D eigenvalue weighted by atomic mass is 10.2. The number of rotatable bonds is 5. The summed E-state index contributed by atoms with van der Waals surface area (Å²) >= 11 is 6.44. The summed E-state index contributed by atoms with van der Waals surface area (Å²) in [4.78, 5) is 4.78. The van der Waals surface area contributed by atoms with E-state index in [1.54, 1.807) is 7.11 Å². The van der Waals surface area contributed by atoms with Gasteiger partial charge < -0.3 is 9.64 Å². The van der Waals surface area contributed by atoms with Crippen LogP contribution in [0.1, 0.15) is 5.56 Å². The molecule has 0 aliphatic carbocycles. The number of ether oxygens (including phenoxy) is 1. The average Bonchev–Trinajstić information content (AvgIpc) is 2.63. The number of hydrogen-bond acceptors (Lipinski definition) is 3.